The van der Waals surface area contributed by atoms with Crippen molar-refractivity contribution in [2.24, 2.45) is 0 Å². The lowest BCUT2D eigenvalue weighted by Gasteiger charge is -2.25. The van der Waals surface area contributed by atoms with Crippen LogP contribution in [0.3, 0.4) is 0 Å². The maximum Gasteiger partial charge on any atom is 0.296 e. The van der Waals surface area contributed by atoms with Gasteiger partial charge in [-0.15, -0.1) is 0 Å². The fourth-order valence-electron chi connectivity index (χ4n) is 4.32. The summed E-state index contributed by atoms with van der Waals surface area (Å²) >= 11 is 0. The van der Waals surface area contributed by atoms with Crippen molar-refractivity contribution in [1.82, 2.24) is 4.90 Å². The van der Waals surface area contributed by atoms with E-state index in [2.05, 4.69) is 0 Å². The molecule has 0 saturated carbocycles. The zero-order chi connectivity index (χ0) is 22.2. The van der Waals surface area contributed by atoms with Crippen molar-refractivity contribution in [2.75, 3.05) is 0 Å². The minimum Gasteiger partial charge on any atom is -0.507 e. The van der Waals surface area contributed by atoms with E-state index >= 15 is 0 Å². The zero-order valence-electron chi connectivity index (χ0n) is 17.5. The number of amides is 1. The van der Waals surface area contributed by atoms with Crippen LogP contribution in [0.4, 0.5) is 0 Å². The summed E-state index contributed by atoms with van der Waals surface area (Å²) in [6.45, 7) is 2.06. The Morgan fingerprint density at radius 3 is 2.44 bits per heavy atom. The van der Waals surface area contributed by atoms with Gasteiger partial charge in [0, 0.05) is 5.56 Å². The highest BCUT2D eigenvalue weighted by Gasteiger charge is 2.46. The Morgan fingerprint density at radius 2 is 1.69 bits per heavy atom. The predicted octanol–water partition coefficient (Wildman–Crippen LogP) is 5.36. The summed E-state index contributed by atoms with van der Waals surface area (Å²) in [5, 5.41) is 13.3. The van der Waals surface area contributed by atoms with Gasteiger partial charge in [-0.05, 0) is 47.0 Å². The maximum absolute atomic E-state index is 13.2. The van der Waals surface area contributed by atoms with Gasteiger partial charge in [-0.1, -0.05) is 60.7 Å². The molecule has 1 unspecified atom stereocenters. The average Bonchev–Trinajstić information content (AvgIpc) is 3.41. The van der Waals surface area contributed by atoms with E-state index in [1.807, 2.05) is 67.6 Å². The van der Waals surface area contributed by atoms with Gasteiger partial charge in [0.05, 0.1) is 24.4 Å². The van der Waals surface area contributed by atoms with Gasteiger partial charge in [0.2, 0.25) is 0 Å². The van der Waals surface area contributed by atoms with Crippen molar-refractivity contribution in [3.8, 4) is 0 Å². The molecule has 1 fully saturated rings. The second-order valence-electron chi connectivity index (χ2n) is 7.92. The molecule has 1 aliphatic rings. The Morgan fingerprint density at radius 1 is 0.938 bits per heavy atom. The molecule has 1 saturated heterocycles. The molecule has 0 radical (unpaired) electrons. The van der Waals surface area contributed by atoms with Crippen LogP contribution in [0.15, 0.2) is 95.1 Å². The van der Waals surface area contributed by atoms with Crippen molar-refractivity contribution < 1.29 is 19.1 Å². The highest BCUT2D eigenvalue weighted by molar-refractivity contribution is 6.46. The number of aliphatic hydroxyl groups excluding tert-OH is 1. The molecule has 5 rings (SSSR count). The molecular weight excluding hydrogens is 402 g/mol. The van der Waals surface area contributed by atoms with Gasteiger partial charge in [0.15, 0.2) is 0 Å². The lowest BCUT2D eigenvalue weighted by Crippen LogP contribution is -2.29. The number of rotatable bonds is 4. The third-order valence-corrected chi connectivity index (χ3v) is 5.95. The van der Waals surface area contributed by atoms with Crippen LogP contribution in [-0.2, 0) is 16.1 Å². The van der Waals surface area contributed by atoms with E-state index in [1.165, 1.54) is 11.2 Å². The zero-order valence-corrected chi connectivity index (χ0v) is 17.5. The van der Waals surface area contributed by atoms with Crippen LogP contribution in [0.25, 0.3) is 16.5 Å². The minimum absolute atomic E-state index is 0.0890. The van der Waals surface area contributed by atoms with Gasteiger partial charge in [0.1, 0.15) is 11.5 Å². The summed E-state index contributed by atoms with van der Waals surface area (Å²) in [7, 11) is 0. The van der Waals surface area contributed by atoms with Crippen molar-refractivity contribution >= 4 is 28.2 Å². The summed E-state index contributed by atoms with van der Waals surface area (Å²) in [5.41, 5.74) is 2.30. The van der Waals surface area contributed by atoms with E-state index in [0.717, 1.165) is 21.9 Å². The summed E-state index contributed by atoms with van der Waals surface area (Å²) in [4.78, 5) is 27.7. The Balaban J connectivity index is 1.69. The molecule has 5 heteroatoms. The van der Waals surface area contributed by atoms with Gasteiger partial charge in [-0.2, -0.15) is 0 Å². The molecule has 0 aliphatic carbocycles. The fourth-order valence-corrected chi connectivity index (χ4v) is 4.32. The van der Waals surface area contributed by atoms with Crippen LogP contribution < -0.4 is 0 Å². The second-order valence-corrected chi connectivity index (χ2v) is 7.92. The predicted molar refractivity (Wildman–Crippen MR) is 122 cm³/mol. The SMILES string of the molecule is Cc1ccccc1C1/C(=C(\O)c2ccc3ccccc3c2)C(=O)C(=O)N1Cc1ccco1. The molecule has 5 nitrogen and oxygen atoms in total. The number of ketones is 1. The van der Waals surface area contributed by atoms with Crippen LogP contribution >= 0.6 is 0 Å². The molecule has 1 N–H and O–H groups in total. The third-order valence-electron chi connectivity index (χ3n) is 5.95. The smallest absolute Gasteiger partial charge is 0.296 e. The standard InChI is InChI=1S/C27H21NO4/c1-17-7-2-5-11-22(17)24-23(26(30)27(31)28(24)16-21-10-6-14-32-21)25(29)20-13-12-18-8-3-4-9-19(18)15-20/h2-15,24,29H,16H2,1H3/b25-23+. The monoisotopic (exact) mass is 423 g/mol. The van der Waals surface area contributed by atoms with Gasteiger partial charge >= 0.3 is 0 Å². The van der Waals surface area contributed by atoms with E-state index in [-0.39, 0.29) is 17.9 Å². The Hall–Kier alpha value is -4.12. The number of hydrogen-bond acceptors (Lipinski definition) is 4. The molecule has 1 atom stereocenters. The van der Waals surface area contributed by atoms with Crippen molar-refractivity contribution in [1.29, 1.82) is 0 Å². The molecule has 1 amide bonds. The largest absolute Gasteiger partial charge is 0.507 e. The maximum atomic E-state index is 13.2. The molecule has 32 heavy (non-hydrogen) atoms. The molecule has 0 bridgehead atoms. The Bertz CT molecular complexity index is 1370. The topological polar surface area (TPSA) is 70.8 Å². The van der Waals surface area contributed by atoms with E-state index in [4.69, 9.17) is 4.42 Å². The number of benzene rings is 3. The normalized spacial score (nSPS) is 17.9. The van der Waals surface area contributed by atoms with E-state index in [1.54, 1.807) is 18.2 Å². The molecule has 4 aromatic rings. The molecule has 3 aromatic carbocycles. The van der Waals surface area contributed by atoms with Crippen LogP contribution in [0.5, 0.6) is 0 Å². The van der Waals surface area contributed by atoms with Gasteiger partial charge in [-0.3, -0.25) is 9.59 Å². The number of carbonyl (C=O) groups is 2. The third kappa shape index (κ3) is 3.28. The van der Waals surface area contributed by atoms with Crippen LogP contribution in [-0.4, -0.2) is 21.7 Å². The molecule has 1 aromatic heterocycles. The van der Waals surface area contributed by atoms with E-state index in [9.17, 15) is 14.7 Å². The highest BCUT2D eigenvalue weighted by Crippen LogP contribution is 2.41. The Kier molecular flexibility index (Phi) is 4.86. The van der Waals surface area contributed by atoms with Crippen LogP contribution in [0.2, 0.25) is 0 Å². The number of fused-ring (bicyclic) bond motifs is 1. The lowest BCUT2D eigenvalue weighted by atomic mass is 9.92. The quantitative estimate of drug-likeness (QED) is 0.272. The summed E-state index contributed by atoms with van der Waals surface area (Å²) in [6, 6.07) is 23.7. The first-order valence-electron chi connectivity index (χ1n) is 10.4. The van der Waals surface area contributed by atoms with Crippen molar-refractivity contribution in [3.05, 3.63) is 113 Å². The molecule has 1 aliphatic heterocycles. The number of furan rings is 1. The van der Waals surface area contributed by atoms with Crippen LogP contribution in [0.1, 0.15) is 28.5 Å². The number of carbonyl (C=O) groups excluding carboxylic acids is 2. The number of aliphatic hydroxyl groups is 1. The molecule has 158 valence electrons. The van der Waals surface area contributed by atoms with Crippen molar-refractivity contribution in [3.63, 3.8) is 0 Å². The number of likely N-dealkylation sites (tertiary alicyclic amines) is 1. The van der Waals surface area contributed by atoms with E-state index in [0.29, 0.717) is 11.3 Å². The number of aryl methyl sites for hydroxylation is 1. The Labute approximate surface area is 185 Å². The van der Waals surface area contributed by atoms with Crippen molar-refractivity contribution in [2.45, 2.75) is 19.5 Å². The molecule has 0 spiro atoms. The van der Waals surface area contributed by atoms with Gasteiger partial charge < -0.3 is 14.4 Å². The average molecular weight is 423 g/mol. The second kappa shape index (κ2) is 7.85. The fraction of sp³-hybridized carbons (Fsp3) is 0.111. The number of hydrogen-bond donors (Lipinski definition) is 1. The molecular formula is C27H21NO4. The highest BCUT2D eigenvalue weighted by atomic mass is 16.3. The van der Waals surface area contributed by atoms with Gasteiger partial charge in [-0.25, -0.2) is 0 Å². The number of nitrogens with zero attached hydrogens (tertiary/aromatic N) is 1. The van der Waals surface area contributed by atoms with Gasteiger partial charge in [0.25, 0.3) is 11.7 Å². The minimum atomic E-state index is -0.715. The first-order chi connectivity index (χ1) is 15.5. The lowest BCUT2D eigenvalue weighted by molar-refractivity contribution is -0.140. The summed E-state index contributed by atoms with van der Waals surface area (Å²) < 4.78 is 5.44. The van der Waals surface area contributed by atoms with E-state index < -0.39 is 17.7 Å². The summed E-state index contributed by atoms with van der Waals surface area (Å²) in [6.07, 6.45) is 1.53. The number of Topliss-reactive ketones (excluding diaryl/α,β-unsaturated/α-hetero) is 1. The summed E-state index contributed by atoms with van der Waals surface area (Å²) in [5.74, 6) is -0.965. The first-order valence-corrected chi connectivity index (χ1v) is 10.4. The first kappa shape index (κ1) is 19.8. The molecule has 2 heterocycles. The van der Waals surface area contributed by atoms with Crippen LogP contribution in [0, 0.1) is 6.92 Å².